The zero-order valence-electron chi connectivity index (χ0n) is 16.1. The van der Waals surface area contributed by atoms with Gasteiger partial charge in [0.1, 0.15) is 12.4 Å². The number of fused-ring (bicyclic) bond motifs is 1. The molecule has 0 radical (unpaired) electrons. The molecule has 2 aromatic carbocycles. The number of carbonyl (C=O) groups excluding carboxylic acids is 1. The van der Waals surface area contributed by atoms with E-state index in [4.69, 9.17) is 4.74 Å². The summed E-state index contributed by atoms with van der Waals surface area (Å²) in [4.78, 5) is 11.9. The molecule has 11 heteroatoms. The maximum atomic E-state index is 13.7. The van der Waals surface area contributed by atoms with Gasteiger partial charge in [0.05, 0.1) is 11.1 Å². The van der Waals surface area contributed by atoms with Gasteiger partial charge in [0.25, 0.3) is 0 Å². The van der Waals surface area contributed by atoms with E-state index in [0.29, 0.717) is 5.56 Å². The monoisotopic (exact) mass is 455 g/mol. The number of benzene rings is 2. The highest BCUT2D eigenvalue weighted by atomic mass is 19.4. The highest BCUT2D eigenvalue weighted by Gasteiger charge is 2.37. The van der Waals surface area contributed by atoms with E-state index >= 15 is 0 Å². The lowest BCUT2D eigenvalue weighted by atomic mass is 9.86. The minimum absolute atomic E-state index is 0.0804. The van der Waals surface area contributed by atoms with Crippen LogP contribution in [0.15, 0.2) is 48.7 Å². The van der Waals surface area contributed by atoms with Crippen LogP contribution in [0.5, 0.6) is 5.75 Å². The van der Waals surface area contributed by atoms with Gasteiger partial charge in [-0.15, -0.1) is 0 Å². The first-order valence-electron chi connectivity index (χ1n) is 9.36. The van der Waals surface area contributed by atoms with Crippen molar-refractivity contribution >= 4 is 11.7 Å². The van der Waals surface area contributed by atoms with Crippen LogP contribution in [0.4, 0.5) is 32.2 Å². The number of aromatic nitrogens is 2. The average molecular weight is 455 g/mol. The molecule has 2 heterocycles. The molecule has 1 unspecified atom stereocenters. The molecule has 2 N–H and O–H groups in total. The summed E-state index contributed by atoms with van der Waals surface area (Å²) >= 11 is 0. The Morgan fingerprint density at radius 3 is 2.44 bits per heavy atom. The van der Waals surface area contributed by atoms with E-state index < -0.39 is 47.7 Å². The van der Waals surface area contributed by atoms with Crippen LogP contribution >= 0.6 is 0 Å². The van der Waals surface area contributed by atoms with E-state index in [-0.39, 0.29) is 23.4 Å². The van der Waals surface area contributed by atoms with E-state index in [1.165, 1.54) is 24.4 Å². The standard InChI is InChI=1S/C21H15F6N3O2/c22-20(23,24)15-4-2-1-3-12(15)10-32-17-6-5-11(7-16(17)21(25,26)27)13-8-18(31)29-19-14(13)9-28-30-19/h1-7,9,13H,8,10H2,(H2,28,29,30,31). The van der Waals surface area contributed by atoms with Crippen molar-refractivity contribution in [2.45, 2.75) is 31.3 Å². The molecule has 5 nitrogen and oxygen atoms in total. The molecule has 0 saturated heterocycles. The van der Waals surface area contributed by atoms with Crippen LogP contribution in [-0.2, 0) is 23.8 Å². The fourth-order valence-corrected chi connectivity index (χ4v) is 3.63. The second-order valence-electron chi connectivity index (χ2n) is 7.19. The molecule has 0 fully saturated rings. The number of alkyl halides is 6. The summed E-state index contributed by atoms with van der Waals surface area (Å²) in [5.74, 6) is -1.43. The molecule has 32 heavy (non-hydrogen) atoms. The molecule has 3 aromatic rings. The first kappa shape index (κ1) is 21.7. The smallest absolute Gasteiger partial charge is 0.419 e. The van der Waals surface area contributed by atoms with Crippen molar-refractivity contribution in [2.24, 2.45) is 0 Å². The van der Waals surface area contributed by atoms with Crippen LogP contribution in [0.1, 0.15) is 40.2 Å². The first-order valence-corrected chi connectivity index (χ1v) is 9.36. The Labute approximate surface area is 177 Å². The van der Waals surface area contributed by atoms with Gasteiger partial charge in [0, 0.05) is 29.7 Å². The molecule has 168 valence electrons. The van der Waals surface area contributed by atoms with E-state index in [1.54, 1.807) is 0 Å². The highest BCUT2D eigenvalue weighted by molar-refractivity contribution is 5.94. The number of nitrogens with zero attached hydrogens (tertiary/aromatic N) is 1. The van der Waals surface area contributed by atoms with E-state index in [1.807, 2.05) is 0 Å². The van der Waals surface area contributed by atoms with Gasteiger partial charge >= 0.3 is 12.4 Å². The minimum atomic E-state index is -4.83. The van der Waals surface area contributed by atoms with Crippen molar-refractivity contribution in [3.05, 3.63) is 76.5 Å². The predicted octanol–water partition coefficient (Wildman–Crippen LogP) is 5.50. The Bertz CT molecular complexity index is 1150. The van der Waals surface area contributed by atoms with Gasteiger partial charge in [-0.2, -0.15) is 31.4 Å². The quantitative estimate of drug-likeness (QED) is 0.511. The van der Waals surface area contributed by atoms with Gasteiger partial charge in [-0.05, 0) is 23.8 Å². The van der Waals surface area contributed by atoms with Crippen LogP contribution in [0.25, 0.3) is 0 Å². The Balaban J connectivity index is 1.67. The number of hydrogen-bond donors (Lipinski definition) is 2. The fraction of sp³-hybridized carbons (Fsp3) is 0.238. The number of H-pyrrole nitrogens is 1. The summed E-state index contributed by atoms with van der Waals surface area (Å²) in [6.07, 6.45) is -8.08. The van der Waals surface area contributed by atoms with E-state index in [9.17, 15) is 31.1 Å². The molecule has 0 aliphatic carbocycles. The minimum Gasteiger partial charge on any atom is -0.488 e. The molecule has 1 amide bonds. The predicted molar refractivity (Wildman–Crippen MR) is 101 cm³/mol. The molecular formula is C21H15F6N3O2. The van der Waals surface area contributed by atoms with Crippen molar-refractivity contribution in [1.29, 1.82) is 0 Å². The molecule has 0 spiro atoms. The number of nitrogens with one attached hydrogen (secondary N) is 2. The van der Waals surface area contributed by atoms with Gasteiger partial charge in [-0.3, -0.25) is 9.89 Å². The number of anilines is 1. The second-order valence-corrected chi connectivity index (χ2v) is 7.19. The summed E-state index contributed by atoms with van der Waals surface area (Å²) in [5.41, 5.74) is -1.67. The number of aromatic amines is 1. The zero-order valence-corrected chi connectivity index (χ0v) is 16.1. The molecular weight excluding hydrogens is 440 g/mol. The summed E-state index contributed by atoms with van der Waals surface area (Å²) in [6.45, 7) is -0.699. The van der Waals surface area contributed by atoms with Crippen molar-refractivity contribution in [1.82, 2.24) is 10.2 Å². The zero-order chi connectivity index (χ0) is 23.1. The third-order valence-corrected chi connectivity index (χ3v) is 5.11. The summed E-state index contributed by atoms with van der Waals surface area (Å²) in [5, 5.41) is 8.97. The third kappa shape index (κ3) is 4.27. The maximum absolute atomic E-state index is 13.7. The fourth-order valence-electron chi connectivity index (χ4n) is 3.63. The third-order valence-electron chi connectivity index (χ3n) is 5.11. The van der Waals surface area contributed by atoms with E-state index in [2.05, 4.69) is 15.5 Å². The molecule has 0 saturated carbocycles. The molecule has 1 aromatic heterocycles. The summed E-state index contributed by atoms with van der Waals surface area (Å²) in [7, 11) is 0. The van der Waals surface area contributed by atoms with Crippen LogP contribution in [0.2, 0.25) is 0 Å². The molecule has 4 rings (SSSR count). The average Bonchev–Trinajstić information content (AvgIpc) is 3.19. The normalized spacial score (nSPS) is 16.4. The molecule has 1 atom stereocenters. The number of rotatable bonds is 4. The first-order chi connectivity index (χ1) is 15.0. The lowest BCUT2D eigenvalue weighted by Gasteiger charge is -2.23. The highest BCUT2D eigenvalue weighted by Crippen LogP contribution is 2.42. The van der Waals surface area contributed by atoms with Gasteiger partial charge in [-0.1, -0.05) is 24.3 Å². The van der Waals surface area contributed by atoms with E-state index in [0.717, 1.165) is 24.3 Å². The molecule has 1 aliphatic heterocycles. The Kier molecular flexibility index (Phi) is 5.35. The van der Waals surface area contributed by atoms with Crippen molar-refractivity contribution in [3.8, 4) is 5.75 Å². The number of carbonyl (C=O) groups is 1. The topological polar surface area (TPSA) is 67.0 Å². The van der Waals surface area contributed by atoms with Crippen molar-refractivity contribution in [2.75, 3.05) is 5.32 Å². The largest absolute Gasteiger partial charge is 0.488 e. The number of halogens is 6. The lowest BCUT2D eigenvalue weighted by Crippen LogP contribution is -2.23. The summed E-state index contributed by atoms with van der Waals surface area (Å²) in [6, 6.07) is 7.78. The SMILES string of the molecule is O=C1CC(c2ccc(OCc3ccccc3C(F)(F)F)c(C(F)(F)F)c2)c2c[nH]nc2N1. The Morgan fingerprint density at radius 2 is 1.72 bits per heavy atom. The molecule has 1 aliphatic rings. The number of hydrogen-bond acceptors (Lipinski definition) is 3. The van der Waals surface area contributed by atoms with Crippen LogP contribution in [-0.4, -0.2) is 16.1 Å². The van der Waals surface area contributed by atoms with Gasteiger partial charge in [0.2, 0.25) is 5.91 Å². The number of ether oxygens (including phenoxy) is 1. The maximum Gasteiger partial charge on any atom is 0.419 e. The van der Waals surface area contributed by atoms with Crippen LogP contribution in [0, 0.1) is 0 Å². The molecule has 0 bridgehead atoms. The van der Waals surface area contributed by atoms with Gasteiger partial charge in [0.15, 0.2) is 5.82 Å². The van der Waals surface area contributed by atoms with Crippen LogP contribution < -0.4 is 10.1 Å². The van der Waals surface area contributed by atoms with Crippen molar-refractivity contribution in [3.63, 3.8) is 0 Å². The van der Waals surface area contributed by atoms with Gasteiger partial charge < -0.3 is 10.1 Å². The Morgan fingerprint density at radius 1 is 1.00 bits per heavy atom. The second kappa shape index (κ2) is 7.88. The Hall–Kier alpha value is -3.50. The van der Waals surface area contributed by atoms with Crippen LogP contribution in [0.3, 0.4) is 0 Å². The summed E-state index contributed by atoms with van der Waals surface area (Å²) < 4.78 is 85.9. The van der Waals surface area contributed by atoms with Crippen molar-refractivity contribution < 1.29 is 35.9 Å². The van der Waals surface area contributed by atoms with Gasteiger partial charge in [-0.25, -0.2) is 0 Å². The lowest BCUT2D eigenvalue weighted by molar-refractivity contribution is -0.140. The number of amides is 1.